The Morgan fingerprint density at radius 2 is 1.40 bits per heavy atom. The van der Waals surface area contributed by atoms with Crippen LogP contribution < -0.4 is 32.1 Å². The first-order valence-corrected chi connectivity index (χ1v) is 15.6. The number of hydrogen-bond acceptors (Lipinski definition) is 11. The second-order valence-corrected chi connectivity index (χ2v) is 11.6. The maximum Gasteiger partial charge on any atom is 0.326 e. The fourth-order valence-electron chi connectivity index (χ4n) is 5.02. The van der Waals surface area contributed by atoms with Gasteiger partial charge < -0.3 is 52.0 Å². The number of nitrogens with two attached hydrogens (primary N) is 1. The van der Waals surface area contributed by atoms with Gasteiger partial charge in [-0.2, -0.15) is 4.98 Å². The summed E-state index contributed by atoms with van der Waals surface area (Å²) < 4.78 is 15.1. The number of halogens is 1. The van der Waals surface area contributed by atoms with E-state index >= 15 is 4.39 Å². The molecule has 11 N–H and O–H groups in total. The summed E-state index contributed by atoms with van der Waals surface area (Å²) in [5.41, 5.74) is 5.97. The zero-order valence-electron chi connectivity index (χ0n) is 27.6. The van der Waals surface area contributed by atoms with Gasteiger partial charge in [-0.15, -0.1) is 0 Å². The molecule has 0 spiro atoms. The van der Waals surface area contributed by atoms with Gasteiger partial charge in [0, 0.05) is 44.7 Å². The molecule has 0 radical (unpaired) electrons. The fraction of sp³-hybridized carbons (Fsp3) is 0.387. The van der Waals surface area contributed by atoms with Crippen LogP contribution in [0.1, 0.15) is 54.4 Å². The summed E-state index contributed by atoms with van der Waals surface area (Å²) in [4.78, 5) is 106. The second kappa shape index (κ2) is 17.9. The highest BCUT2D eigenvalue weighted by atomic mass is 19.1. The number of likely N-dealkylation sites (N-methyl/N-ethyl adjacent to an activating group) is 1. The molecule has 52 heavy (non-hydrogen) atoms. The topological polar surface area (TPSA) is 327 Å². The summed E-state index contributed by atoms with van der Waals surface area (Å²) in [6, 6.07) is -1.22. The quantitative estimate of drug-likeness (QED) is 0.0693. The standard InChI is InChI=1S/C31H37FN8O12/c1-40(11-10-14-13-34-25-24(14)27(46)39-31(33)38-25)15-2-3-16(17(32)12-15)26(45)37-20(30(51)52)5-8-22(42)35-18(28(47)48)4-7-21(41)36-19(29(49)50)6-9-23(43)44/h2-3,12-13,18-20H,4-11H2,1H3,(H,35,42)(H,36,41)(H,37,45)(H,43,44)(H,47,48)(H,49,50)(H,51,52)(H4,33,34,38,39,46)/t18-,19-,20-/m0/s1. The van der Waals surface area contributed by atoms with Crippen LogP contribution in [0.4, 0.5) is 16.0 Å². The average Bonchev–Trinajstić information content (AvgIpc) is 3.47. The molecule has 0 unspecified atom stereocenters. The Bertz CT molecular complexity index is 1910. The molecule has 1 aromatic carbocycles. The molecule has 20 nitrogen and oxygen atoms in total. The third-order valence-electron chi connectivity index (χ3n) is 7.83. The van der Waals surface area contributed by atoms with E-state index in [0.29, 0.717) is 35.2 Å². The molecule has 3 atom stereocenters. The van der Waals surface area contributed by atoms with E-state index in [2.05, 4.69) is 30.9 Å². The van der Waals surface area contributed by atoms with Gasteiger partial charge in [-0.05, 0) is 49.4 Å². The first-order chi connectivity index (χ1) is 24.5. The lowest BCUT2D eigenvalue weighted by Crippen LogP contribution is -2.45. The van der Waals surface area contributed by atoms with E-state index in [0.717, 1.165) is 12.1 Å². The Hall–Kier alpha value is -6.54. The first-order valence-electron chi connectivity index (χ1n) is 15.6. The smallest absolute Gasteiger partial charge is 0.326 e. The maximum atomic E-state index is 15.1. The molecule has 0 aliphatic rings. The molecule has 3 rings (SSSR count). The van der Waals surface area contributed by atoms with Crippen LogP contribution in [0.25, 0.3) is 11.0 Å². The summed E-state index contributed by atoms with van der Waals surface area (Å²) in [7, 11) is 1.65. The normalized spacial score (nSPS) is 12.7. The van der Waals surface area contributed by atoms with E-state index in [1.54, 1.807) is 18.1 Å². The Kier molecular flexibility index (Phi) is 13.7. The number of nitrogen functional groups attached to an aromatic ring is 1. The number of fused-ring (bicyclic) bond motifs is 1. The van der Waals surface area contributed by atoms with Crippen LogP contribution in [-0.2, 0) is 35.2 Å². The van der Waals surface area contributed by atoms with Crippen LogP contribution in [0, 0.1) is 5.82 Å². The number of aromatic amines is 2. The Morgan fingerprint density at radius 1 is 0.865 bits per heavy atom. The average molecular weight is 733 g/mol. The number of carboxylic acids is 4. The minimum atomic E-state index is -1.68. The molecule has 0 saturated carbocycles. The Balaban J connectivity index is 1.53. The van der Waals surface area contributed by atoms with Crippen molar-refractivity contribution in [2.45, 2.75) is 63.1 Å². The molecular weight excluding hydrogens is 695 g/mol. The number of carbonyl (C=O) groups excluding carboxylic acids is 3. The number of anilines is 2. The van der Waals surface area contributed by atoms with Gasteiger partial charge in [-0.25, -0.2) is 18.8 Å². The third-order valence-corrected chi connectivity index (χ3v) is 7.83. The summed E-state index contributed by atoms with van der Waals surface area (Å²) in [6.07, 6.45) is -1.16. The maximum absolute atomic E-state index is 15.1. The van der Waals surface area contributed by atoms with E-state index in [4.69, 9.17) is 15.9 Å². The van der Waals surface area contributed by atoms with Crippen molar-refractivity contribution in [1.82, 2.24) is 30.9 Å². The van der Waals surface area contributed by atoms with E-state index < -0.39 is 115 Å². The number of hydrogen-bond donors (Lipinski definition) is 10. The van der Waals surface area contributed by atoms with Gasteiger partial charge in [0.25, 0.3) is 11.5 Å². The van der Waals surface area contributed by atoms with Crippen LogP contribution in [0.5, 0.6) is 0 Å². The van der Waals surface area contributed by atoms with Crippen molar-refractivity contribution in [3.8, 4) is 0 Å². The molecule has 3 aromatic rings. The molecule has 2 aromatic heterocycles. The minimum Gasteiger partial charge on any atom is -0.481 e. The van der Waals surface area contributed by atoms with Crippen molar-refractivity contribution >= 4 is 64.3 Å². The number of aromatic nitrogens is 3. The van der Waals surface area contributed by atoms with Crippen LogP contribution in [0.2, 0.25) is 0 Å². The molecule has 0 aliphatic carbocycles. The summed E-state index contributed by atoms with van der Waals surface area (Å²) in [6.45, 7) is 0.320. The number of aliphatic carboxylic acids is 4. The SMILES string of the molecule is CN(CCc1c[nH]c2nc(N)[nH]c(=O)c12)c1ccc(C(=O)N[C@@H](CCC(=O)N[C@@H](CCC(=O)N[C@@H](CCC(=O)O)C(=O)O)C(=O)O)C(=O)O)c(F)c1. The lowest BCUT2D eigenvalue weighted by molar-refractivity contribution is -0.144. The number of nitrogens with one attached hydrogen (secondary N) is 5. The predicted molar refractivity (Wildman–Crippen MR) is 178 cm³/mol. The summed E-state index contributed by atoms with van der Waals surface area (Å²) >= 11 is 0. The number of H-pyrrole nitrogens is 2. The Morgan fingerprint density at radius 3 is 1.92 bits per heavy atom. The number of nitrogens with zero attached hydrogens (tertiary/aromatic N) is 2. The van der Waals surface area contributed by atoms with Crippen molar-refractivity contribution in [3.05, 3.63) is 51.7 Å². The Labute approximate surface area is 292 Å². The van der Waals surface area contributed by atoms with Gasteiger partial charge in [-0.3, -0.25) is 29.0 Å². The lowest BCUT2D eigenvalue weighted by atomic mass is 10.1. The van der Waals surface area contributed by atoms with Gasteiger partial charge in [0.1, 0.15) is 29.6 Å². The van der Waals surface area contributed by atoms with Crippen molar-refractivity contribution < 1.29 is 58.4 Å². The van der Waals surface area contributed by atoms with Gasteiger partial charge >= 0.3 is 23.9 Å². The highest BCUT2D eigenvalue weighted by molar-refractivity contribution is 5.97. The second-order valence-electron chi connectivity index (χ2n) is 11.6. The van der Waals surface area contributed by atoms with Gasteiger partial charge in [0.15, 0.2) is 0 Å². The largest absolute Gasteiger partial charge is 0.481 e. The van der Waals surface area contributed by atoms with Gasteiger partial charge in [0.2, 0.25) is 17.8 Å². The fourth-order valence-corrected chi connectivity index (χ4v) is 5.02. The molecule has 3 amide bonds. The highest BCUT2D eigenvalue weighted by Crippen LogP contribution is 2.20. The lowest BCUT2D eigenvalue weighted by Gasteiger charge is -2.20. The monoisotopic (exact) mass is 732 g/mol. The van der Waals surface area contributed by atoms with Crippen LogP contribution >= 0.6 is 0 Å². The summed E-state index contributed by atoms with van der Waals surface area (Å²) in [5, 5.41) is 43.6. The molecule has 0 saturated heterocycles. The minimum absolute atomic E-state index is 0.0439. The van der Waals surface area contributed by atoms with Crippen molar-refractivity contribution in [1.29, 1.82) is 0 Å². The molecule has 280 valence electrons. The van der Waals surface area contributed by atoms with Crippen molar-refractivity contribution in [3.63, 3.8) is 0 Å². The van der Waals surface area contributed by atoms with Crippen LogP contribution in [0.3, 0.4) is 0 Å². The van der Waals surface area contributed by atoms with E-state index in [9.17, 15) is 48.6 Å². The molecule has 0 aliphatic heterocycles. The van der Waals surface area contributed by atoms with Crippen LogP contribution in [0.15, 0.2) is 29.2 Å². The zero-order chi connectivity index (χ0) is 38.7. The third kappa shape index (κ3) is 11.2. The van der Waals surface area contributed by atoms with E-state index in [1.807, 2.05) is 0 Å². The van der Waals surface area contributed by atoms with Crippen molar-refractivity contribution in [2.24, 2.45) is 0 Å². The van der Waals surface area contributed by atoms with E-state index in [-0.39, 0.29) is 5.95 Å². The molecule has 0 fully saturated rings. The predicted octanol–water partition coefficient (Wildman–Crippen LogP) is -0.602. The van der Waals surface area contributed by atoms with Gasteiger partial charge in [0.05, 0.1) is 10.9 Å². The highest BCUT2D eigenvalue weighted by Gasteiger charge is 2.27. The number of carboxylic acid groups (broad SMARTS) is 4. The molecular formula is C31H37FN8O12. The summed E-state index contributed by atoms with van der Waals surface area (Å²) in [5.74, 6) is -9.87. The number of rotatable bonds is 20. The number of benzene rings is 1. The first kappa shape index (κ1) is 39.9. The molecule has 2 heterocycles. The number of amides is 3. The van der Waals surface area contributed by atoms with E-state index in [1.165, 1.54) is 6.07 Å². The molecule has 21 heteroatoms. The van der Waals surface area contributed by atoms with Crippen molar-refractivity contribution in [2.75, 3.05) is 24.2 Å². The van der Waals surface area contributed by atoms with Gasteiger partial charge in [-0.1, -0.05) is 0 Å². The number of carbonyl (C=O) groups is 7. The van der Waals surface area contributed by atoms with Crippen LogP contribution in [-0.4, -0.2) is 109 Å². The molecule has 0 bridgehead atoms. The zero-order valence-corrected chi connectivity index (χ0v) is 27.6.